The van der Waals surface area contributed by atoms with Gasteiger partial charge in [0.25, 0.3) is 0 Å². The molecule has 0 aromatic heterocycles. The van der Waals surface area contributed by atoms with E-state index in [0.717, 1.165) is 34.9 Å². The number of benzene rings is 2. The van der Waals surface area contributed by atoms with Gasteiger partial charge in [0, 0.05) is 0 Å². The summed E-state index contributed by atoms with van der Waals surface area (Å²) in [7, 11) is 1.64. The first-order valence-corrected chi connectivity index (χ1v) is 11.2. The van der Waals surface area contributed by atoms with Crippen molar-refractivity contribution in [2.24, 2.45) is 17.8 Å². The second-order valence-corrected chi connectivity index (χ2v) is 9.16. The van der Waals surface area contributed by atoms with Crippen LogP contribution in [0.15, 0.2) is 36.4 Å². The zero-order valence-corrected chi connectivity index (χ0v) is 19.2. The van der Waals surface area contributed by atoms with E-state index in [1.54, 1.807) is 14.0 Å². The van der Waals surface area contributed by atoms with Crippen LogP contribution in [0.2, 0.25) is 0 Å². The second kappa shape index (κ2) is 10.2. The highest BCUT2D eigenvalue weighted by Gasteiger charge is 2.33. The van der Waals surface area contributed by atoms with Gasteiger partial charge in [0.05, 0.1) is 13.0 Å². The third-order valence-electron chi connectivity index (χ3n) is 6.50. The van der Waals surface area contributed by atoms with Crippen LogP contribution in [0.1, 0.15) is 58.4 Å². The average molecular weight is 427 g/mol. The van der Waals surface area contributed by atoms with Crippen molar-refractivity contribution in [1.29, 1.82) is 0 Å². The topological polar surface area (TPSA) is 61.8 Å². The molecule has 0 unspecified atom stereocenters. The molecule has 0 N–H and O–H groups in total. The largest absolute Gasteiger partial charge is 0.497 e. The molecule has 0 radical (unpaired) electrons. The molecular formula is C26H34O5. The molecule has 0 amide bonds. The Hall–Kier alpha value is -2.56. The van der Waals surface area contributed by atoms with E-state index in [-0.39, 0.29) is 12.7 Å². The zero-order valence-electron chi connectivity index (χ0n) is 19.2. The predicted octanol–water partition coefficient (Wildman–Crippen LogP) is 5.50. The summed E-state index contributed by atoms with van der Waals surface area (Å²) in [5, 5.41) is 2.05. The summed E-state index contributed by atoms with van der Waals surface area (Å²) in [4.78, 5) is 24.9. The summed E-state index contributed by atoms with van der Waals surface area (Å²) in [6, 6.07) is 11.6. The molecule has 168 valence electrons. The molecule has 5 nitrogen and oxygen atoms in total. The van der Waals surface area contributed by atoms with Crippen molar-refractivity contribution in [1.82, 2.24) is 0 Å². The number of ether oxygens (including phenoxy) is 3. The van der Waals surface area contributed by atoms with E-state index in [1.165, 1.54) is 6.42 Å². The Balaban J connectivity index is 1.57. The summed E-state index contributed by atoms with van der Waals surface area (Å²) in [6.07, 6.45) is 3.02. The quantitative estimate of drug-likeness (QED) is 0.547. The Kier molecular flexibility index (Phi) is 7.58. The molecule has 0 heterocycles. The van der Waals surface area contributed by atoms with Gasteiger partial charge in [0.15, 0.2) is 6.61 Å². The fraction of sp³-hybridized carbons (Fsp3) is 0.538. The van der Waals surface area contributed by atoms with Gasteiger partial charge in [-0.3, -0.25) is 4.79 Å². The van der Waals surface area contributed by atoms with Crippen LogP contribution in [0.25, 0.3) is 10.8 Å². The number of hydrogen-bond donors (Lipinski definition) is 0. The van der Waals surface area contributed by atoms with Crippen molar-refractivity contribution >= 4 is 22.7 Å². The monoisotopic (exact) mass is 426 g/mol. The third kappa shape index (κ3) is 5.78. The number of hydrogen-bond acceptors (Lipinski definition) is 5. The van der Waals surface area contributed by atoms with Gasteiger partial charge >= 0.3 is 11.9 Å². The van der Waals surface area contributed by atoms with Crippen LogP contribution in [0.5, 0.6) is 5.75 Å². The molecule has 1 aliphatic carbocycles. The van der Waals surface area contributed by atoms with Crippen molar-refractivity contribution in [3.05, 3.63) is 42.0 Å². The third-order valence-corrected chi connectivity index (χ3v) is 6.50. The Morgan fingerprint density at radius 2 is 1.74 bits per heavy atom. The lowest BCUT2D eigenvalue weighted by Crippen LogP contribution is -2.37. The Bertz CT molecular complexity index is 919. The number of fused-ring (bicyclic) bond motifs is 1. The highest BCUT2D eigenvalue weighted by atomic mass is 16.6. The number of carbonyl (C=O) groups excluding carboxylic acids is 2. The number of rotatable bonds is 7. The van der Waals surface area contributed by atoms with Crippen molar-refractivity contribution in [3.63, 3.8) is 0 Å². The van der Waals surface area contributed by atoms with Crippen LogP contribution >= 0.6 is 0 Å². The first-order chi connectivity index (χ1) is 14.8. The van der Waals surface area contributed by atoms with Gasteiger partial charge in [-0.1, -0.05) is 51.5 Å². The van der Waals surface area contributed by atoms with Crippen LogP contribution in [-0.2, 0) is 19.1 Å². The molecule has 5 heteroatoms. The fourth-order valence-corrected chi connectivity index (χ4v) is 4.48. The first kappa shape index (κ1) is 23.1. The lowest BCUT2D eigenvalue weighted by molar-refractivity contribution is -0.167. The maximum absolute atomic E-state index is 12.6. The van der Waals surface area contributed by atoms with E-state index in [9.17, 15) is 9.59 Å². The van der Waals surface area contributed by atoms with Crippen LogP contribution in [-0.4, -0.2) is 31.8 Å². The molecule has 31 heavy (non-hydrogen) atoms. The van der Waals surface area contributed by atoms with Crippen LogP contribution in [0, 0.1) is 17.8 Å². The molecule has 2 aromatic carbocycles. The summed E-state index contributed by atoms with van der Waals surface area (Å²) >= 11 is 0. The molecule has 0 bridgehead atoms. The Labute approximate surface area is 185 Å². The normalized spacial score (nSPS) is 22.2. The Morgan fingerprint density at radius 3 is 2.45 bits per heavy atom. The lowest BCUT2D eigenvalue weighted by atomic mass is 9.75. The Morgan fingerprint density at radius 1 is 1.03 bits per heavy atom. The highest BCUT2D eigenvalue weighted by Crippen LogP contribution is 2.35. The van der Waals surface area contributed by atoms with Crippen molar-refractivity contribution < 1.29 is 23.8 Å². The molecular weight excluding hydrogens is 392 g/mol. The fourth-order valence-electron chi connectivity index (χ4n) is 4.48. The van der Waals surface area contributed by atoms with E-state index in [0.29, 0.717) is 17.8 Å². The summed E-state index contributed by atoms with van der Waals surface area (Å²) in [6.45, 7) is 7.98. The first-order valence-electron chi connectivity index (χ1n) is 11.2. The summed E-state index contributed by atoms with van der Waals surface area (Å²) in [5.41, 5.74) is 0.844. The van der Waals surface area contributed by atoms with Gasteiger partial charge < -0.3 is 14.2 Å². The molecule has 0 aliphatic heterocycles. The minimum absolute atomic E-state index is 0.0927. The van der Waals surface area contributed by atoms with Gasteiger partial charge in [0.1, 0.15) is 11.9 Å². The number of carbonyl (C=O) groups is 2. The van der Waals surface area contributed by atoms with E-state index < -0.39 is 17.9 Å². The van der Waals surface area contributed by atoms with Crippen molar-refractivity contribution in [2.75, 3.05) is 13.7 Å². The summed E-state index contributed by atoms with van der Waals surface area (Å²) < 4.78 is 16.3. The molecule has 0 spiro atoms. The highest BCUT2D eigenvalue weighted by molar-refractivity contribution is 5.87. The van der Waals surface area contributed by atoms with Crippen LogP contribution in [0.3, 0.4) is 0 Å². The molecule has 3 rings (SSSR count). The minimum atomic E-state index is -0.475. The van der Waals surface area contributed by atoms with E-state index in [1.807, 2.05) is 36.4 Å². The average Bonchev–Trinajstić information content (AvgIpc) is 2.76. The van der Waals surface area contributed by atoms with Gasteiger partial charge in [-0.05, 0) is 66.0 Å². The standard InChI is InChI=1S/C26H34O5/c1-16(2)23-11-6-17(3)12-24(23)31-25(27)15-30-26(28)18(4)19-7-8-21-14-22(29-5)10-9-20(21)13-19/h7-10,13-14,16-18,23-24H,6,11-12,15H2,1-5H3/t17-,18-,23-,24+/m0/s1. The van der Waals surface area contributed by atoms with Crippen molar-refractivity contribution in [2.45, 2.75) is 59.0 Å². The second-order valence-electron chi connectivity index (χ2n) is 9.16. The molecule has 1 fully saturated rings. The molecule has 0 saturated heterocycles. The molecule has 1 saturated carbocycles. The van der Waals surface area contributed by atoms with E-state index >= 15 is 0 Å². The maximum atomic E-state index is 12.6. The molecule has 2 aromatic rings. The van der Waals surface area contributed by atoms with Gasteiger partial charge in [-0.15, -0.1) is 0 Å². The summed E-state index contributed by atoms with van der Waals surface area (Å²) in [5.74, 6) is 0.795. The SMILES string of the molecule is COc1ccc2cc([C@H](C)C(=O)OCC(=O)O[C@@H]3C[C@@H](C)CC[C@H]3C(C)C)ccc2c1. The van der Waals surface area contributed by atoms with E-state index in [2.05, 4.69) is 20.8 Å². The van der Waals surface area contributed by atoms with Gasteiger partial charge in [0.2, 0.25) is 0 Å². The molecule has 4 atom stereocenters. The van der Waals surface area contributed by atoms with Crippen molar-refractivity contribution in [3.8, 4) is 5.75 Å². The van der Waals surface area contributed by atoms with Crippen LogP contribution in [0.4, 0.5) is 0 Å². The van der Waals surface area contributed by atoms with Gasteiger partial charge in [-0.25, -0.2) is 4.79 Å². The predicted molar refractivity (Wildman–Crippen MR) is 121 cm³/mol. The smallest absolute Gasteiger partial charge is 0.344 e. The maximum Gasteiger partial charge on any atom is 0.344 e. The van der Waals surface area contributed by atoms with Crippen LogP contribution < -0.4 is 4.74 Å². The van der Waals surface area contributed by atoms with E-state index in [4.69, 9.17) is 14.2 Å². The zero-order chi connectivity index (χ0) is 22.5. The van der Waals surface area contributed by atoms with Gasteiger partial charge in [-0.2, -0.15) is 0 Å². The molecule has 1 aliphatic rings. The number of esters is 2. The minimum Gasteiger partial charge on any atom is -0.497 e. The lowest BCUT2D eigenvalue weighted by Gasteiger charge is -2.36. The number of methoxy groups -OCH3 is 1.